The summed E-state index contributed by atoms with van der Waals surface area (Å²) in [6, 6.07) is 14.7. The zero-order valence-corrected chi connectivity index (χ0v) is 21.7. The summed E-state index contributed by atoms with van der Waals surface area (Å²) in [5, 5.41) is 15.5. The number of hydrogen-bond donors (Lipinski definition) is 2. The van der Waals surface area contributed by atoms with Gasteiger partial charge in [0.15, 0.2) is 11.6 Å². The quantitative estimate of drug-likeness (QED) is 0.180. The highest BCUT2D eigenvalue weighted by Gasteiger charge is 2.23. The smallest absolute Gasteiger partial charge is 0.191 e. The third-order valence-electron chi connectivity index (χ3n) is 6.02. The van der Waals surface area contributed by atoms with E-state index in [0.717, 1.165) is 62.2 Å². The first kappa shape index (κ1) is 25.2. The highest BCUT2D eigenvalue weighted by Crippen LogP contribution is 2.26. The number of aryl methyl sites for hydroxylation is 1. The van der Waals surface area contributed by atoms with Crippen molar-refractivity contribution in [3.8, 4) is 5.75 Å². The molecule has 33 heavy (non-hydrogen) atoms. The van der Waals surface area contributed by atoms with Crippen LogP contribution in [0.5, 0.6) is 5.75 Å². The van der Waals surface area contributed by atoms with Crippen molar-refractivity contribution in [2.75, 3.05) is 40.3 Å². The molecule has 8 nitrogen and oxygen atoms in total. The maximum atomic E-state index is 5.33. The number of ether oxygens (including phenoxy) is 1. The second-order valence-electron chi connectivity index (χ2n) is 8.06. The van der Waals surface area contributed by atoms with Crippen LogP contribution in [0.4, 0.5) is 0 Å². The molecule has 0 bridgehead atoms. The van der Waals surface area contributed by atoms with Crippen LogP contribution < -0.4 is 15.4 Å². The average Bonchev–Trinajstić information content (AvgIpc) is 3.51. The molecule has 3 heterocycles. The van der Waals surface area contributed by atoms with Gasteiger partial charge in [-0.3, -0.25) is 14.3 Å². The summed E-state index contributed by atoms with van der Waals surface area (Å²) in [5.41, 5.74) is 2.19. The van der Waals surface area contributed by atoms with E-state index in [0.29, 0.717) is 6.04 Å². The number of aliphatic imine (C=N–C) groups is 1. The molecule has 3 aromatic rings. The van der Waals surface area contributed by atoms with Gasteiger partial charge in [0.1, 0.15) is 11.6 Å². The van der Waals surface area contributed by atoms with Crippen molar-refractivity contribution >= 4 is 35.6 Å². The van der Waals surface area contributed by atoms with Crippen LogP contribution in [0.3, 0.4) is 0 Å². The van der Waals surface area contributed by atoms with E-state index in [9.17, 15) is 0 Å². The van der Waals surface area contributed by atoms with Crippen LogP contribution >= 0.6 is 24.0 Å². The Bertz CT molecular complexity index is 1020. The van der Waals surface area contributed by atoms with Crippen LogP contribution in [0.1, 0.15) is 36.7 Å². The highest BCUT2D eigenvalue weighted by molar-refractivity contribution is 14.0. The van der Waals surface area contributed by atoms with Crippen molar-refractivity contribution in [1.29, 1.82) is 0 Å². The number of pyridine rings is 1. The predicted octanol–water partition coefficient (Wildman–Crippen LogP) is 3.29. The molecule has 0 aliphatic carbocycles. The van der Waals surface area contributed by atoms with Crippen LogP contribution in [0, 0.1) is 0 Å². The van der Waals surface area contributed by atoms with E-state index in [4.69, 9.17) is 4.74 Å². The summed E-state index contributed by atoms with van der Waals surface area (Å²) in [6.45, 7) is 3.90. The lowest BCUT2D eigenvalue weighted by molar-refractivity contribution is 0.245. The van der Waals surface area contributed by atoms with Crippen LogP contribution in [0.15, 0.2) is 53.7 Å². The number of benzene rings is 1. The molecule has 1 fully saturated rings. The van der Waals surface area contributed by atoms with Crippen molar-refractivity contribution in [3.05, 3.63) is 60.0 Å². The molecule has 4 rings (SSSR count). The molecular weight excluding hydrogens is 529 g/mol. The number of hydrogen-bond acceptors (Lipinski definition) is 5. The van der Waals surface area contributed by atoms with Crippen molar-refractivity contribution < 1.29 is 4.74 Å². The van der Waals surface area contributed by atoms with Gasteiger partial charge in [0.05, 0.1) is 13.2 Å². The Labute approximate surface area is 212 Å². The van der Waals surface area contributed by atoms with E-state index < -0.39 is 0 Å². The first-order valence-corrected chi connectivity index (χ1v) is 11.4. The molecule has 178 valence electrons. The Morgan fingerprint density at radius 1 is 1.09 bits per heavy atom. The Balaban J connectivity index is 0.00000306. The molecular formula is C24H34IN7O. The van der Waals surface area contributed by atoms with E-state index in [1.54, 1.807) is 7.11 Å². The number of guanidine groups is 1. The van der Waals surface area contributed by atoms with E-state index in [2.05, 4.69) is 42.9 Å². The van der Waals surface area contributed by atoms with Crippen molar-refractivity contribution in [2.24, 2.45) is 4.99 Å². The van der Waals surface area contributed by atoms with Gasteiger partial charge < -0.3 is 15.4 Å². The Hall–Kier alpha value is -2.40. The molecule has 1 atom stereocenters. The summed E-state index contributed by atoms with van der Waals surface area (Å²) in [4.78, 5) is 6.97. The van der Waals surface area contributed by atoms with Crippen molar-refractivity contribution in [2.45, 2.75) is 31.7 Å². The van der Waals surface area contributed by atoms with Gasteiger partial charge in [-0.1, -0.05) is 18.2 Å². The number of rotatable bonds is 9. The molecule has 2 aromatic heterocycles. The fourth-order valence-corrected chi connectivity index (χ4v) is 4.27. The van der Waals surface area contributed by atoms with E-state index in [1.807, 2.05) is 48.0 Å². The third-order valence-corrected chi connectivity index (χ3v) is 6.02. The summed E-state index contributed by atoms with van der Waals surface area (Å²) < 4.78 is 7.37. The molecule has 1 unspecified atom stereocenters. The van der Waals surface area contributed by atoms with Gasteiger partial charge in [-0.25, -0.2) is 0 Å². The predicted molar refractivity (Wildman–Crippen MR) is 143 cm³/mol. The lowest BCUT2D eigenvalue weighted by Gasteiger charge is -2.29. The number of methoxy groups -OCH3 is 1. The fraction of sp³-hybridized carbons (Fsp3) is 0.458. The van der Waals surface area contributed by atoms with E-state index in [-0.39, 0.29) is 24.0 Å². The topological polar surface area (TPSA) is 79.1 Å². The molecule has 9 heteroatoms. The molecule has 1 aliphatic heterocycles. The van der Waals surface area contributed by atoms with Gasteiger partial charge in [-0.15, -0.1) is 34.2 Å². The minimum absolute atomic E-state index is 0. The minimum Gasteiger partial charge on any atom is -0.497 e. The number of halogens is 1. The molecule has 0 amide bonds. The molecule has 0 spiro atoms. The van der Waals surface area contributed by atoms with Crippen molar-refractivity contribution in [3.63, 3.8) is 0 Å². The maximum absolute atomic E-state index is 5.33. The molecule has 1 aromatic carbocycles. The van der Waals surface area contributed by atoms with E-state index in [1.165, 1.54) is 18.4 Å². The number of fused-ring (bicyclic) bond motifs is 1. The molecule has 0 saturated carbocycles. The lowest BCUT2D eigenvalue weighted by atomic mass is 10.1. The first-order valence-electron chi connectivity index (χ1n) is 11.4. The number of nitrogens with one attached hydrogen (secondary N) is 2. The zero-order valence-electron chi connectivity index (χ0n) is 19.4. The number of nitrogens with zero attached hydrogens (tertiary/aromatic N) is 5. The standard InChI is InChI=1S/C24H33N7O.HI/c1-25-24(26-14-7-9-23-29-28-22-8-3-4-17-31(22)23)27-18-21(30-15-5-6-16-30)19-10-12-20(32-2)13-11-19;/h3-4,8,10-13,17,21H,5-7,9,14-16,18H2,1-2H3,(H2,25,26,27);1H. The van der Waals surface area contributed by atoms with Gasteiger partial charge in [0, 0.05) is 32.8 Å². The average molecular weight is 563 g/mol. The number of likely N-dealkylation sites (tertiary alicyclic amines) is 1. The molecule has 1 saturated heterocycles. The van der Waals surface area contributed by atoms with Crippen LogP contribution in [-0.2, 0) is 6.42 Å². The fourth-order valence-electron chi connectivity index (χ4n) is 4.27. The summed E-state index contributed by atoms with van der Waals surface area (Å²) in [7, 11) is 3.52. The Morgan fingerprint density at radius 2 is 1.88 bits per heavy atom. The summed E-state index contributed by atoms with van der Waals surface area (Å²) >= 11 is 0. The third kappa shape index (κ3) is 6.57. The zero-order chi connectivity index (χ0) is 22.2. The van der Waals surface area contributed by atoms with E-state index >= 15 is 0 Å². The summed E-state index contributed by atoms with van der Waals surface area (Å²) in [5.74, 6) is 2.70. The van der Waals surface area contributed by atoms with Gasteiger partial charge in [-0.05, 0) is 62.2 Å². The van der Waals surface area contributed by atoms with Gasteiger partial charge >= 0.3 is 0 Å². The largest absolute Gasteiger partial charge is 0.497 e. The first-order chi connectivity index (χ1) is 15.8. The monoisotopic (exact) mass is 563 g/mol. The van der Waals surface area contributed by atoms with Crippen molar-refractivity contribution in [1.82, 2.24) is 30.1 Å². The molecule has 0 radical (unpaired) electrons. The SMILES string of the molecule is CN=C(NCCCc1nnc2ccccn12)NCC(c1ccc(OC)cc1)N1CCCC1.I. The highest BCUT2D eigenvalue weighted by atomic mass is 127. The van der Waals surface area contributed by atoms with Crippen LogP contribution in [-0.4, -0.2) is 65.8 Å². The number of aromatic nitrogens is 3. The van der Waals surface area contributed by atoms with Crippen LogP contribution in [0.25, 0.3) is 5.65 Å². The summed E-state index contributed by atoms with van der Waals surface area (Å²) in [6.07, 6.45) is 6.34. The van der Waals surface area contributed by atoms with Gasteiger partial charge in [0.2, 0.25) is 0 Å². The molecule has 1 aliphatic rings. The van der Waals surface area contributed by atoms with Gasteiger partial charge in [0.25, 0.3) is 0 Å². The second-order valence-corrected chi connectivity index (χ2v) is 8.06. The van der Waals surface area contributed by atoms with Crippen LogP contribution in [0.2, 0.25) is 0 Å². The second kappa shape index (κ2) is 12.7. The lowest BCUT2D eigenvalue weighted by Crippen LogP contribution is -2.43. The minimum atomic E-state index is 0. The molecule has 2 N–H and O–H groups in total. The Kier molecular flexibility index (Phi) is 9.74. The maximum Gasteiger partial charge on any atom is 0.191 e. The van der Waals surface area contributed by atoms with Gasteiger partial charge in [-0.2, -0.15) is 0 Å². The normalized spacial score (nSPS) is 15.3. The Morgan fingerprint density at radius 3 is 2.61 bits per heavy atom.